The van der Waals surface area contributed by atoms with Crippen LogP contribution in [0.25, 0.3) is 0 Å². The van der Waals surface area contributed by atoms with E-state index in [9.17, 15) is 14.4 Å². The van der Waals surface area contributed by atoms with Crippen molar-refractivity contribution in [1.29, 1.82) is 0 Å². The van der Waals surface area contributed by atoms with E-state index < -0.39 is 23.1 Å². The first-order valence-corrected chi connectivity index (χ1v) is 4.37. The van der Waals surface area contributed by atoms with Gasteiger partial charge in [-0.1, -0.05) is 13.8 Å². The lowest BCUT2D eigenvalue weighted by molar-refractivity contribution is -0.163. The molecule has 14 heavy (non-hydrogen) atoms. The summed E-state index contributed by atoms with van der Waals surface area (Å²) in [6.07, 6.45) is 0.0350. The molecule has 80 valence electrons. The van der Waals surface area contributed by atoms with Crippen LogP contribution in [0.3, 0.4) is 0 Å². The van der Waals surface area contributed by atoms with Crippen LogP contribution in [0.4, 0.5) is 0 Å². The SMILES string of the molecule is CCC(CC)(C(=O)O)C(=O)C(=O)OCl. The van der Waals surface area contributed by atoms with E-state index in [0.717, 1.165) is 0 Å². The molecule has 0 fully saturated rings. The number of Topliss-reactive ketones (excluding diaryl/α,β-unsaturated/α-hetero) is 1. The van der Waals surface area contributed by atoms with Crippen LogP contribution < -0.4 is 0 Å². The zero-order valence-corrected chi connectivity index (χ0v) is 8.63. The zero-order valence-electron chi connectivity index (χ0n) is 7.87. The van der Waals surface area contributed by atoms with Gasteiger partial charge in [0.1, 0.15) is 17.3 Å². The Bertz CT molecular complexity index is 256. The summed E-state index contributed by atoms with van der Waals surface area (Å²) in [5.74, 6) is -3.79. The Kier molecular flexibility index (Phi) is 4.56. The highest BCUT2D eigenvalue weighted by Crippen LogP contribution is 2.28. The molecule has 0 heterocycles. The van der Waals surface area contributed by atoms with Gasteiger partial charge in [-0.3, -0.25) is 9.59 Å². The Morgan fingerprint density at radius 2 is 1.71 bits per heavy atom. The van der Waals surface area contributed by atoms with Crippen LogP contribution in [-0.2, 0) is 18.7 Å². The summed E-state index contributed by atoms with van der Waals surface area (Å²) in [6, 6.07) is 0. The van der Waals surface area contributed by atoms with Crippen molar-refractivity contribution in [3.05, 3.63) is 0 Å². The van der Waals surface area contributed by atoms with Crippen LogP contribution in [0.5, 0.6) is 0 Å². The number of hydrogen-bond acceptors (Lipinski definition) is 4. The topological polar surface area (TPSA) is 80.7 Å². The first-order chi connectivity index (χ1) is 6.46. The lowest BCUT2D eigenvalue weighted by Gasteiger charge is -2.22. The number of carbonyl (C=O) groups is 3. The van der Waals surface area contributed by atoms with E-state index in [1.165, 1.54) is 13.8 Å². The highest BCUT2D eigenvalue weighted by Gasteiger charge is 2.47. The van der Waals surface area contributed by atoms with E-state index in [1.54, 1.807) is 0 Å². The highest BCUT2D eigenvalue weighted by molar-refractivity contribution is 6.42. The van der Waals surface area contributed by atoms with Crippen LogP contribution in [0.2, 0.25) is 0 Å². The van der Waals surface area contributed by atoms with Gasteiger partial charge in [-0.25, -0.2) is 4.79 Å². The van der Waals surface area contributed by atoms with Crippen molar-refractivity contribution in [2.45, 2.75) is 26.7 Å². The fourth-order valence-corrected chi connectivity index (χ4v) is 1.27. The highest BCUT2D eigenvalue weighted by atomic mass is 35.5. The molecule has 0 bridgehead atoms. The van der Waals surface area contributed by atoms with Gasteiger partial charge in [0.15, 0.2) is 0 Å². The summed E-state index contributed by atoms with van der Waals surface area (Å²) in [6.45, 7) is 3.02. The Balaban J connectivity index is 5.10. The van der Waals surface area contributed by atoms with Crippen LogP contribution in [-0.4, -0.2) is 22.8 Å². The maximum atomic E-state index is 11.4. The second-order valence-electron chi connectivity index (χ2n) is 2.79. The number of hydrogen-bond donors (Lipinski definition) is 1. The zero-order chi connectivity index (χ0) is 11.4. The third kappa shape index (κ3) is 2.04. The predicted octanol–water partition coefficient (Wildman–Crippen LogP) is 1.14. The standard InChI is InChI=1S/C8H11ClO5/c1-3-8(4-2,7(12)13)5(10)6(11)14-9/h3-4H2,1-2H3,(H,12,13). The second kappa shape index (κ2) is 4.95. The first kappa shape index (κ1) is 12.9. The van der Waals surface area contributed by atoms with Crippen LogP contribution in [0.15, 0.2) is 0 Å². The molecule has 0 rings (SSSR count). The lowest BCUT2D eigenvalue weighted by Crippen LogP contribution is -2.42. The van der Waals surface area contributed by atoms with Gasteiger partial charge in [-0.15, -0.1) is 0 Å². The summed E-state index contributed by atoms with van der Waals surface area (Å²) in [4.78, 5) is 33.0. The number of aliphatic carboxylic acids is 1. The van der Waals surface area contributed by atoms with E-state index in [4.69, 9.17) is 17.0 Å². The minimum atomic E-state index is -1.72. The Labute approximate surface area is 86.2 Å². The normalized spacial score (nSPS) is 10.8. The number of carboxylic acid groups (broad SMARTS) is 1. The maximum Gasteiger partial charge on any atom is 0.393 e. The fraction of sp³-hybridized carbons (Fsp3) is 0.625. The number of rotatable bonds is 5. The molecule has 0 saturated carbocycles. The van der Waals surface area contributed by atoms with E-state index in [0.29, 0.717) is 0 Å². The van der Waals surface area contributed by atoms with Gasteiger partial charge < -0.3 is 9.40 Å². The lowest BCUT2D eigenvalue weighted by atomic mass is 9.78. The smallest absolute Gasteiger partial charge is 0.393 e. The van der Waals surface area contributed by atoms with Crippen molar-refractivity contribution in [2.75, 3.05) is 0 Å². The average molecular weight is 223 g/mol. The first-order valence-electron chi connectivity index (χ1n) is 4.07. The van der Waals surface area contributed by atoms with Crippen molar-refractivity contribution in [3.63, 3.8) is 0 Å². The number of ketones is 1. The third-order valence-electron chi connectivity index (χ3n) is 2.31. The van der Waals surface area contributed by atoms with E-state index in [1.807, 2.05) is 0 Å². The monoisotopic (exact) mass is 222 g/mol. The van der Waals surface area contributed by atoms with Crippen molar-refractivity contribution >= 4 is 29.6 Å². The summed E-state index contributed by atoms with van der Waals surface area (Å²) in [5, 5.41) is 8.87. The minimum Gasteiger partial charge on any atom is -0.480 e. The van der Waals surface area contributed by atoms with Crippen molar-refractivity contribution in [3.8, 4) is 0 Å². The molecule has 0 aliphatic carbocycles. The summed E-state index contributed by atoms with van der Waals surface area (Å²) >= 11 is 4.71. The van der Waals surface area contributed by atoms with Gasteiger partial charge in [0.2, 0.25) is 0 Å². The number of carboxylic acids is 1. The number of carbonyl (C=O) groups excluding carboxylic acids is 2. The molecular weight excluding hydrogens is 212 g/mol. The third-order valence-corrected chi connectivity index (χ3v) is 2.45. The van der Waals surface area contributed by atoms with Crippen LogP contribution in [0.1, 0.15) is 26.7 Å². The Hall–Kier alpha value is -1.10. The maximum absolute atomic E-state index is 11.4. The molecular formula is C8H11ClO5. The van der Waals surface area contributed by atoms with Crippen molar-refractivity contribution in [2.24, 2.45) is 5.41 Å². The largest absolute Gasteiger partial charge is 0.480 e. The molecule has 0 atom stereocenters. The van der Waals surface area contributed by atoms with Gasteiger partial charge in [-0.05, 0) is 12.8 Å². The van der Waals surface area contributed by atoms with Gasteiger partial charge in [0, 0.05) is 0 Å². The average Bonchev–Trinajstić information content (AvgIpc) is 2.18. The van der Waals surface area contributed by atoms with Gasteiger partial charge >= 0.3 is 11.9 Å². The van der Waals surface area contributed by atoms with Gasteiger partial charge in [-0.2, -0.15) is 0 Å². The molecule has 5 nitrogen and oxygen atoms in total. The summed E-state index contributed by atoms with van der Waals surface area (Å²) < 4.78 is 3.69. The molecule has 0 aromatic rings. The van der Waals surface area contributed by atoms with E-state index >= 15 is 0 Å². The summed E-state index contributed by atoms with van der Waals surface area (Å²) in [5.41, 5.74) is -1.72. The van der Waals surface area contributed by atoms with Crippen LogP contribution >= 0.6 is 11.9 Å². The molecule has 0 spiro atoms. The quantitative estimate of drug-likeness (QED) is 0.557. The summed E-state index contributed by atoms with van der Waals surface area (Å²) in [7, 11) is 0. The van der Waals surface area contributed by atoms with E-state index in [-0.39, 0.29) is 12.8 Å². The van der Waals surface area contributed by atoms with Crippen molar-refractivity contribution < 1.29 is 23.8 Å². The predicted molar refractivity (Wildman–Crippen MR) is 47.6 cm³/mol. The van der Waals surface area contributed by atoms with Gasteiger partial charge in [0.25, 0.3) is 5.78 Å². The molecule has 0 unspecified atom stereocenters. The molecule has 0 saturated heterocycles. The second-order valence-corrected chi connectivity index (χ2v) is 2.94. The molecule has 0 amide bonds. The Morgan fingerprint density at radius 1 is 1.29 bits per heavy atom. The molecule has 0 aliphatic rings. The molecule has 0 aliphatic heterocycles. The molecule has 1 N–H and O–H groups in total. The minimum absolute atomic E-state index is 0.0175. The fourth-order valence-electron chi connectivity index (χ4n) is 1.20. The van der Waals surface area contributed by atoms with Gasteiger partial charge in [0.05, 0.1) is 0 Å². The molecule has 0 aromatic carbocycles. The molecule has 0 aromatic heterocycles. The van der Waals surface area contributed by atoms with E-state index in [2.05, 4.69) is 4.29 Å². The molecule has 6 heteroatoms. The van der Waals surface area contributed by atoms with Crippen LogP contribution in [0, 0.1) is 5.41 Å². The van der Waals surface area contributed by atoms with Crippen molar-refractivity contribution in [1.82, 2.24) is 0 Å². The Morgan fingerprint density at radius 3 is 1.93 bits per heavy atom. The molecule has 0 radical (unpaired) electrons. The number of halogens is 1.